The first-order chi connectivity index (χ1) is 19.1. The Morgan fingerprint density at radius 2 is 1.95 bits per heavy atom. The lowest BCUT2D eigenvalue weighted by molar-refractivity contribution is -0.137. The van der Waals surface area contributed by atoms with Crippen molar-refractivity contribution in [2.45, 2.75) is 76.7 Å². The van der Waals surface area contributed by atoms with Gasteiger partial charge in [0, 0.05) is 49.2 Å². The third kappa shape index (κ3) is 7.26. The molecule has 2 amide bonds. The number of rotatable bonds is 15. The molecule has 11 nitrogen and oxygen atoms in total. The molecule has 0 aromatic heterocycles. The van der Waals surface area contributed by atoms with Crippen LogP contribution in [0.5, 0.6) is 11.5 Å². The number of amides is 2. The van der Waals surface area contributed by atoms with Crippen molar-refractivity contribution in [3.8, 4) is 11.5 Å². The lowest BCUT2D eigenvalue weighted by Gasteiger charge is -2.41. The van der Waals surface area contributed by atoms with Gasteiger partial charge in [-0.1, -0.05) is 0 Å². The largest absolute Gasteiger partial charge is 0.493 e. The number of hydrogen-bond donors (Lipinski definition) is 3. The van der Waals surface area contributed by atoms with Gasteiger partial charge in [0.1, 0.15) is 24.3 Å². The van der Waals surface area contributed by atoms with E-state index in [1.54, 1.807) is 12.1 Å². The first kappa shape index (κ1) is 31.3. The number of aliphatic hydroxyl groups excluding tert-OH is 2. The lowest BCUT2D eigenvalue weighted by Crippen LogP contribution is -2.56. The first-order valence-electron chi connectivity index (χ1n) is 13.7. The highest BCUT2D eigenvalue weighted by molar-refractivity contribution is 5.96. The maximum atomic E-state index is 13.4. The molecule has 0 radical (unpaired) electrons. The molecule has 3 rings (SSSR count). The van der Waals surface area contributed by atoms with Crippen LogP contribution in [0, 0.1) is 0 Å². The number of aldehydes is 1. The van der Waals surface area contributed by atoms with Crippen LogP contribution in [0.1, 0.15) is 68.3 Å². The normalized spacial score (nSPS) is 21.1. The minimum absolute atomic E-state index is 0.00637. The quantitative estimate of drug-likeness (QED) is 0.214. The van der Waals surface area contributed by atoms with Crippen LogP contribution >= 0.6 is 0 Å². The van der Waals surface area contributed by atoms with Crippen molar-refractivity contribution in [2.75, 3.05) is 33.4 Å². The fraction of sp³-hybridized carbons (Fsp3) is 0.586. The van der Waals surface area contributed by atoms with E-state index in [-0.39, 0.29) is 61.7 Å². The topological polar surface area (TPSA) is 152 Å². The van der Waals surface area contributed by atoms with Crippen LogP contribution in [0.4, 0.5) is 0 Å². The molecule has 1 aromatic rings. The molecule has 1 aliphatic heterocycles. The van der Waals surface area contributed by atoms with Gasteiger partial charge in [-0.2, -0.15) is 0 Å². The molecule has 2 aliphatic rings. The monoisotopic (exact) mass is 560 g/mol. The molecular weight excluding hydrogens is 520 g/mol. The van der Waals surface area contributed by atoms with Crippen molar-refractivity contribution in [2.24, 2.45) is 0 Å². The Morgan fingerprint density at radius 1 is 1.20 bits per heavy atom. The average molecular weight is 561 g/mol. The number of benzene rings is 1. The summed E-state index contributed by atoms with van der Waals surface area (Å²) in [5.41, 5.74) is 1.08. The molecule has 1 aromatic carbocycles. The van der Waals surface area contributed by atoms with Gasteiger partial charge in [-0.25, -0.2) is 0 Å². The number of Topliss-reactive ketones (excluding diaryl/α,β-unsaturated/α-hetero) is 1. The molecule has 0 bridgehead atoms. The summed E-state index contributed by atoms with van der Waals surface area (Å²) >= 11 is 0. The van der Waals surface area contributed by atoms with Crippen molar-refractivity contribution in [3.05, 3.63) is 34.9 Å². The molecule has 40 heavy (non-hydrogen) atoms. The van der Waals surface area contributed by atoms with E-state index >= 15 is 0 Å². The van der Waals surface area contributed by atoms with Gasteiger partial charge >= 0.3 is 0 Å². The van der Waals surface area contributed by atoms with E-state index in [0.29, 0.717) is 42.6 Å². The molecule has 0 spiro atoms. The van der Waals surface area contributed by atoms with Gasteiger partial charge in [-0.3, -0.25) is 14.4 Å². The molecule has 0 saturated heterocycles. The second-order valence-corrected chi connectivity index (χ2v) is 10.3. The molecule has 220 valence electrons. The Kier molecular flexibility index (Phi) is 11.2. The Labute approximate surface area is 234 Å². The summed E-state index contributed by atoms with van der Waals surface area (Å²) in [7, 11) is 1.43. The van der Waals surface area contributed by atoms with Gasteiger partial charge in [0.15, 0.2) is 11.5 Å². The van der Waals surface area contributed by atoms with Gasteiger partial charge in [0.25, 0.3) is 0 Å². The third-order valence-corrected chi connectivity index (χ3v) is 7.01. The number of fused-ring (bicyclic) bond motifs is 3. The average Bonchev–Trinajstić information content (AvgIpc) is 3.31. The van der Waals surface area contributed by atoms with E-state index in [0.717, 1.165) is 0 Å². The van der Waals surface area contributed by atoms with Crippen LogP contribution in [-0.2, 0) is 19.1 Å². The predicted octanol–water partition coefficient (Wildman–Crippen LogP) is 1.53. The van der Waals surface area contributed by atoms with Gasteiger partial charge in [0.05, 0.1) is 31.8 Å². The third-order valence-electron chi connectivity index (χ3n) is 7.01. The number of methoxy groups -OCH3 is 1. The van der Waals surface area contributed by atoms with Crippen molar-refractivity contribution in [3.63, 3.8) is 0 Å². The van der Waals surface area contributed by atoms with Crippen molar-refractivity contribution < 1.29 is 43.6 Å². The van der Waals surface area contributed by atoms with E-state index in [1.165, 1.54) is 25.0 Å². The number of aliphatic hydroxyl groups is 2. The summed E-state index contributed by atoms with van der Waals surface area (Å²) in [6.07, 6.45) is 1.29. The second kappa shape index (κ2) is 14.4. The van der Waals surface area contributed by atoms with Crippen molar-refractivity contribution in [1.82, 2.24) is 10.2 Å². The van der Waals surface area contributed by atoms with Gasteiger partial charge in [-0.15, -0.1) is 0 Å². The molecule has 1 heterocycles. The zero-order chi connectivity index (χ0) is 29.4. The summed E-state index contributed by atoms with van der Waals surface area (Å²) in [6.45, 7) is 5.67. The van der Waals surface area contributed by atoms with Crippen LogP contribution in [-0.4, -0.2) is 96.8 Å². The molecule has 11 heteroatoms. The molecule has 0 unspecified atom stereocenters. The minimum Gasteiger partial charge on any atom is -0.493 e. The Balaban J connectivity index is 2.03. The minimum atomic E-state index is -1.22. The van der Waals surface area contributed by atoms with Crippen LogP contribution in [0.25, 0.3) is 0 Å². The number of hydrogen-bond acceptors (Lipinski definition) is 9. The number of ketones is 1. The van der Waals surface area contributed by atoms with E-state index in [1.807, 2.05) is 13.8 Å². The maximum absolute atomic E-state index is 13.4. The van der Waals surface area contributed by atoms with Gasteiger partial charge in [-0.05, 0) is 51.8 Å². The van der Waals surface area contributed by atoms with E-state index in [4.69, 9.17) is 14.2 Å². The van der Waals surface area contributed by atoms with Crippen molar-refractivity contribution in [1.29, 1.82) is 0 Å². The number of nitrogens with zero attached hydrogens (tertiary/aromatic N) is 1. The second-order valence-electron chi connectivity index (χ2n) is 10.3. The van der Waals surface area contributed by atoms with Crippen LogP contribution in [0.3, 0.4) is 0 Å². The summed E-state index contributed by atoms with van der Waals surface area (Å²) in [5, 5.41) is 23.6. The van der Waals surface area contributed by atoms with E-state index < -0.39 is 30.1 Å². The van der Waals surface area contributed by atoms with Gasteiger partial charge < -0.3 is 39.4 Å². The van der Waals surface area contributed by atoms with Crippen LogP contribution in [0.15, 0.2) is 23.8 Å². The van der Waals surface area contributed by atoms with E-state index in [9.17, 15) is 29.4 Å². The van der Waals surface area contributed by atoms with Crippen LogP contribution in [0.2, 0.25) is 0 Å². The Bertz CT molecular complexity index is 1120. The molecule has 4 atom stereocenters. The Hall–Kier alpha value is -3.28. The number of carbonyl (C=O) groups excluding carboxylic acids is 4. The van der Waals surface area contributed by atoms with Crippen molar-refractivity contribution >= 4 is 23.9 Å². The summed E-state index contributed by atoms with van der Waals surface area (Å²) in [4.78, 5) is 51.4. The molecule has 3 N–H and O–H groups in total. The highest BCUT2D eigenvalue weighted by atomic mass is 16.5. The summed E-state index contributed by atoms with van der Waals surface area (Å²) in [5.74, 6) is -0.915. The molecule has 0 saturated carbocycles. The molecular formula is C29H40N2O9. The number of carbonyl (C=O) groups is 4. The van der Waals surface area contributed by atoms with Gasteiger partial charge in [0.2, 0.25) is 11.8 Å². The van der Waals surface area contributed by atoms with E-state index in [2.05, 4.69) is 5.32 Å². The fourth-order valence-corrected chi connectivity index (χ4v) is 5.18. The summed E-state index contributed by atoms with van der Waals surface area (Å²) < 4.78 is 17.3. The zero-order valence-corrected chi connectivity index (χ0v) is 23.6. The summed E-state index contributed by atoms with van der Waals surface area (Å²) in [6, 6.07) is 2.21. The first-order valence-corrected chi connectivity index (χ1v) is 13.7. The predicted molar refractivity (Wildman–Crippen MR) is 145 cm³/mol. The number of ether oxygens (including phenoxy) is 3. The zero-order valence-electron chi connectivity index (χ0n) is 23.6. The fourth-order valence-electron chi connectivity index (χ4n) is 5.18. The number of nitrogens with one attached hydrogen (secondary N) is 1. The Morgan fingerprint density at radius 3 is 2.58 bits per heavy atom. The molecule has 0 fully saturated rings. The maximum Gasteiger partial charge on any atom is 0.247 e. The standard InChI is InChI=1S/C29H40N2O9/c1-17(2)39-12-6-10-31(24(35)8-5-7-18(3)34)22-15-21(29(37)30-9-11-32)25-20-13-19(16-33)14-23(38-4)27(20)40-28(25)26(22)36/h13-17,22,25-26,28,32,36H,5-12H2,1-4H3,(H,30,37)/t22-,25+,26+,28+/m1/s1. The smallest absolute Gasteiger partial charge is 0.247 e. The van der Waals surface area contributed by atoms with Crippen LogP contribution < -0.4 is 14.8 Å². The highest BCUT2D eigenvalue weighted by Gasteiger charge is 2.51. The lowest BCUT2D eigenvalue weighted by atomic mass is 9.77. The molecule has 1 aliphatic carbocycles. The highest BCUT2D eigenvalue weighted by Crippen LogP contribution is 2.51. The SMILES string of the molecule is COc1cc(C=O)cc2c1O[C@@H]1[C@@H](O)[C@H](N(CCCOC(C)C)C(=O)CCCC(C)=O)C=C(C(=O)NCCO)[C@H]21.